The van der Waals surface area contributed by atoms with Crippen LogP contribution in [0.4, 0.5) is 4.39 Å². The first-order valence-electron chi connectivity index (χ1n) is 12.7. The zero-order valence-electron chi connectivity index (χ0n) is 20.6. The molecule has 0 N–H and O–H groups in total. The molecule has 0 unspecified atom stereocenters. The second kappa shape index (κ2) is 9.41. The van der Waals surface area contributed by atoms with Crippen molar-refractivity contribution in [3.8, 4) is 44.5 Å². The van der Waals surface area contributed by atoms with E-state index in [0.717, 1.165) is 22.3 Å². The first-order chi connectivity index (χ1) is 18.7. The van der Waals surface area contributed by atoms with E-state index in [4.69, 9.17) is 0 Å². The first-order valence-corrected chi connectivity index (χ1v) is 13.5. The lowest BCUT2D eigenvalue weighted by Gasteiger charge is -2.08. The summed E-state index contributed by atoms with van der Waals surface area (Å²) in [5.74, 6) is -0.215. The summed E-state index contributed by atoms with van der Waals surface area (Å²) in [5.41, 5.74) is 9.05. The van der Waals surface area contributed by atoms with Gasteiger partial charge in [-0.1, -0.05) is 109 Å². The van der Waals surface area contributed by atoms with Gasteiger partial charge in [0.2, 0.25) is 0 Å². The highest BCUT2D eigenvalue weighted by molar-refractivity contribution is 7.25. The van der Waals surface area contributed by atoms with Crippen molar-refractivity contribution in [3.05, 3.63) is 145 Å². The Kier molecular flexibility index (Phi) is 5.61. The lowest BCUT2D eigenvalue weighted by atomic mass is 9.96. The van der Waals surface area contributed by atoms with Crippen LogP contribution < -0.4 is 0 Å². The molecule has 180 valence electrons. The minimum atomic E-state index is -0.215. The minimum Gasteiger partial charge on any atom is -0.207 e. The Balaban J connectivity index is 1.12. The predicted molar refractivity (Wildman–Crippen MR) is 161 cm³/mol. The molecule has 0 aliphatic rings. The highest BCUT2D eigenvalue weighted by Gasteiger charge is 2.08. The van der Waals surface area contributed by atoms with Gasteiger partial charge in [0.05, 0.1) is 0 Å². The molecule has 1 heterocycles. The second-order valence-corrected chi connectivity index (χ2v) is 10.6. The molecule has 0 radical (unpaired) electrons. The normalized spacial score (nSPS) is 11.3. The Hall–Kier alpha value is -4.53. The molecule has 2 heteroatoms. The average molecular weight is 507 g/mol. The van der Waals surface area contributed by atoms with Crippen LogP contribution in [0.3, 0.4) is 0 Å². The smallest absolute Gasteiger partial charge is 0.123 e. The number of rotatable bonds is 4. The van der Waals surface area contributed by atoms with E-state index in [1.807, 2.05) is 29.5 Å². The second-order valence-electron chi connectivity index (χ2n) is 9.55. The molecule has 0 saturated heterocycles. The summed E-state index contributed by atoms with van der Waals surface area (Å²) in [4.78, 5) is 0. The zero-order valence-corrected chi connectivity index (χ0v) is 21.4. The van der Waals surface area contributed by atoms with Crippen molar-refractivity contribution < 1.29 is 4.39 Å². The van der Waals surface area contributed by atoms with Gasteiger partial charge < -0.3 is 0 Å². The van der Waals surface area contributed by atoms with Gasteiger partial charge in [0.1, 0.15) is 5.82 Å². The van der Waals surface area contributed by atoms with E-state index >= 15 is 0 Å². The van der Waals surface area contributed by atoms with Crippen LogP contribution in [-0.2, 0) is 0 Å². The minimum absolute atomic E-state index is 0.215. The molecule has 0 aliphatic carbocycles. The van der Waals surface area contributed by atoms with Crippen molar-refractivity contribution in [1.29, 1.82) is 0 Å². The third-order valence-electron chi connectivity index (χ3n) is 7.19. The Morgan fingerprint density at radius 1 is 0.342 bits per heavy atom. The SMILES string of the molecule is Fc1cccc(-c2ccc(-c3ccc(-c4ccc(-c5ccc6sc7ccccc7c6c5)cc4)cc3)cc2)c1. The number of thiophene rings is 1. The third kappa shape index (κ3) is 4.19. The molecule has 7 aromatic rings. The third-order valence-corrected chi connectivity index (χ3v) is 8.34. The first kappa shape index (κ1) is 22.7. The van der Waals surface area contributed by atoms with Crippen LogP contribution in [-0.4, -0.2) is 0 Å². The molecule has 0 bridgehead atoms. The Bertz CT molecular complexity index is 1890. The quantitative estimate of drug-likeness (QED) is 0.223. The van der Waals surface area contributed by atoms with Gasteiger partial charge >= 0.3 is 0 Å². The topological polar surface area (TPSA) is 0 Å². The van der Waals surface area contributed by atoms with E-state index in [0.29, 0.717) is 0 Å². The maximum absolute atomic E-state index is 13.6. The fourth-order valence-electron chi connectivity index (χ4n) is 5.14. The van der Waals surface area contributed by atoms with Crippen LogP contribution in [0.25, 0.3) is 64.7 Å². The van der Waals surface area contributed by atoms with Crippen molar-refractivity contribution in [2.75, 3.05) is 0 Å². The molecule has 1 aromatic heterocycles. The van der Waals surface area contributed by atoms with E-state index in [1.165, 1.54) is 48.5 Å². The molecule has 0 saturated carbocycles. The number of hydrogen-bond acceptors (Lipinski definition) is 1. The molecule has 0 fully saturated rings. The number of fused-ring (bicyclic) bond motifs is 3. The van der Waals surface area contributed by atoms with Crippen molar-refractivity contribution >= 4 is 31.5 Å². The molecule has 0 amide bonds. The summed E-state index contributed by atoms with van der Waals surface area (Å²) in [5, 5.41) is 2.65. The molecule has 0 spiro atoms. The van der Waals surface area contributed by atoms with Crippen molar-refractivity contribution in [2.24, 2.45) is 0 Å². The van der Waals surface area contributed by atoms with Gasteiger partial charge in [0, 0.05) is 20.2 Å². The molecule has 38 heavy (non-hydrogen) atoms. The zero-order chi connectivity index (χ0) is 25.5. The Morgan fingerprint density at radius 3 is 1.34 bits per heavy atom. The molecule has 0 nitrogen and oxygen atoms in total. The molecular formula is C36H23FS. The standard InChI is InChI=1S/C36H23FS/c37-32-5-3-4-30(22-32)28-16-12-26(13-17-28)24-8-10-25(11-9-24)27-14-18-29(19-15-27)31-20-21-36-34(23-31)33-6-1-2-7-35(33)38-36/h1-23H. The van der Waals surface area contributed by atoms with E-state index in [9.17, 15) is 4.39 Å². The van der Waals surface area contributed by atoms with Crippen molar-refractivity contribution in [1.82, 2.24) is 0 Å². The van der Waals surface area contributed by atoms with Gasteiger partial charge in [-0.3, -0.25) is 0 Å². The lowest BCUT2D eigenvalue weighted by molar-refractivity contribution is 0.628. The number of benzene rings is 6. The fourth-order valence-corrected chi connectivity index (χ4v) is 6.23. The van der Waals surface area contributed by atoms with Gasteiger partial charge in [-0.05, 0) is 74.8 Å². The molecule has 7 rings (SSSR count). The molecule has 0 atom stereocenters. The van der Waals surface area contributed by atoms with E-state index in [-0.39, 0.29) is 5.82 Å². The van der Waals surface area contributed by atoms with Gasteiger partial charge in [0.25, 0.3) is 0 Å². The number of hydrogen-bond donors (Lipinski definition) is 0. The monoisotopic (exact) mass is 506 g/mol. The summed E-state index contributed by atoms with van der Waals surface area (Å²) in [6.07, 6.45) is 0. The maximum Gasteiger partial charge on any atom is 0.123 e. The summed E-state index contributed by atoms with van der Waals surface area (Å²) >= 11 is 1.85. The maximum atomic E-state index is 13.6. The average Bonchev–Trinajstić information content (AvgIpc) is 3.35. The van der Waals surface area contributed by atoms with E-state index < -0.39 is 0 Å². The molecular weight excluding hydrogens is 483 g/mol. The number of halogens is 1. The van der Waals surface area contributed by atoms with E-state index in [1.54, 1.807) is 12.1 Å². The van der Waals surface area contributed by atoms with Crippen molar-refractivity contribution in [3.63, 3.8) is 0 Å². The fraction of sp³-hybridized carbons (Fsp3) is 0. The van der Waals surface area contributed by atoms with Gasteiger partial charge in [-0.25, -0.2) is 4.39 Å². The highest BCUT2D eigenvalue weighted by atomic mass is 32.1. The van der Waals surface area contributed by atoms with Crippen molar-refractivity contribution in [2.45, 2.75) is 0 Å². The van der Waals surface area contributed by atoms with Crippen LogP contribution in [0.5, 0.6) is 0 Å². The molecule has 6 aromatic carbocycles. The van der Waals surface area contributed by atoms with Crippen LogP contribution in [0.1, 0.15) is 0 Å². The highest BCUT2D eigenvalue weighted by Crippen LogP contribution is 2.36. The van der Waals surface area contributed by atoms with Gasteiger partial charge in [-0.15, -0.1) is 11.3 Å². The lowest BCUT2D eigenvalue weighted by Crippen LogP contribution is -1.83. The summed E-state index contributed by atoms with van der Waals surface area (Å²) in [7, 11) is 0. The summed E-state index contributed by atoms with van der Waals surface area (Å²) < 4.78 is 16.2. The van der Waals surface area contributed by atoms with E-state index in [2.05, 4.69) is 103 Å². The Morgan fingerprint density at radius 2 is 0.789 bits per heavy atom. The van der Waals surface area contributed by atoms with Crippen LogP contribution >= 0.6 is 11.3 Å². The largest absolute Gasteiger partial charge is 0.207 e. The summed E-state index contributed by atoms with van der Waals surface area (Å²) in [6, 6.07) is 47.9. The van der Waals surface area contributed by atoms with Crippen LogP contribution in [0, 0.1) is 5.82 Å². The Labute approximate surface area is 225 Å². The van der Waals surface area contributed by atoms with Gasteiger partial charge in [0.15, 0.2) is 0 Å². The van der Waals surface area contributed by atoms with Gasteiger partial charge in [-0.2, -0.15) is 0 Å². The predicted octanol–water partition coefficient (Wildman–Crippen LogP) is 10.9. The van der Waals surface area contributed by atoms with Crippen LogP contribution in [0.15, 0.2) is 140 Å². The summed E-state index contributed by atoms with van der Waals surface area (Å²) in [6.45, 7) is 0. The molecule has 0 aliphatic heterocycles. The van der Waals surface area contributed by atoms with Crippen LogP contribution in [0.2, 0.25) is 0 Å².